The third kappa shape index (κ3) is 3.74. The zero-order chi connectivity index (χ0) is 12.2. The normalized spacial score (nSPS) is 11.8. The van der Waals surface area contributed by atoms with E-state index in [0.717, 1.165) is 9.79 Å². The Labute approximate surface area is 111 Å². The monoisotopic (exact) mass is 254 g/mol. The van der Waals surface area contributed by atoms with Crippen molar-refractivity contribution < 1.29 is 0 Å². The van der Waals surface area contributed by atoms with Gasteiger partial charge >= 0.3 is 0 Å². The quantitative estimate of drug-likeness (QED) is 0.529. The van der Waals surface area contributed by atoms with Crippen molar-refractivity contribution in [3.63, 3.8) is 0 Å². The Balaban J connectivity index is 2.76. The Morgan fingerprint density at radius 1 is 1.06 bits per heavy atom. The number of rotatable bonds is 5. The van der Waals surface area contributed by atoms with E-state index < -0.39 is 0 Å². The van der Waals surface area contributed by atoms with E-state index in [9.17, 15) is 0 Å². The van der Waals surface area contributed by atoms with Crippen LogP contribution in [-0.2, 0) is 5.41 Å². The van der Waals surface area contributed by atoms with Gasteiger partial charge in [0.25, 0.3) is 0 Å². The van der Waals surface area contributed by atoms with Crippen molar-refractivity contribution in [3.05, 3.63) is 23.8 Å². The van der Waals surface area contributed by atoms with Gasteiger partial charge in [-0.25, -0.2) is 0 Å². The molecule has 16 heavy (non-hydrogen) atoms. The van der Waals surface area contributed by atoms with Crippen LogP contribution >= 0.6 is 25.3 Å². The molecule has 0 aliphatic rings. The van der Waals surface area contributed by atoms with Gasteiger partial charge in [-0.15, -0.1) is 25.3 Å². The van der Waals surface area contributed by atoms with Crippen LogP contribution in [0.3, 0.4) is 0 Å². The van der Waals surface area contributed by atoms with E-state index in [2.05, 4.69) is 58.2 Å². The fourth-order valence-corrected chi connectivity index (χ4v) is 2.26. The average molecular weight is 254 g/mol. The predicted octanol–water partition coefficient (Wildman–Crippen LogP) is 5.12. The van der Waals surface area contributed by atoms with Crippen LogP contribution in [0.1, 0.15) is 52.0 Å². The molecule has 1 aromatic rings. The molecule has 0 aliphatic carbocycles. The molecule has 0 amide bonds. The van der Waals surface area contributed by atoms with Gasteiger partial charge < -0.3 is 0 Å². The largest absolute Gasteiger partial charge is 0.142 e. The highest BCUT2D eigenvalue weighted by Crippen LogP contribution is 2.32. The first-order chi connectivity index (χ1) is 7.47. The molecular formula is C14H22S2. The predicted molar refractivity (Wildman–Crippen MR) is 78.1 cm³/mol. The van der Waals surface area contributed by atoms with Gasteiger partial charge in [-0.3, -0.25) is 0 Å². The van der Waals surface area contributed by atoms with Crippen LogP contribution in [0.5, 0.6) is 0 Å². The van der Waals surface area contributed by atoms with Gasteiger partial charge in [0.1, 0.15) is 0 Å². The number of hydrogen-bond acceptors (Lipinski definition) is 2. The second-order valence-electron chi connectivity index (χ2n) is 5.04. The Hall–Kier alpha value is -0.0800. The smallest absolute Gasteiger partial charge is 0.0177 e. The van der Waals surface area contributed by atoms with Crippen molar-refractivity contribution in [2.45, 2.75) is 61.7 Å². The van der Waals surface area contributed by atoms with Crippen molar-refractivity contribution in [1.82, 2.24) is 0 Å². The molecule has 0 spiro atoms. The maximum atomic E-state index is 4.43. The summed E-state index contributed by atoms with van der Waals surface area (Å²) in [5.41, 5.74) is 1.61. The van der Waals surface area contributed by atoms with Crippen LogP contribution in [0.2, 0.25) is 0 Å². The summed E-state index contributed by atoms with van der Waals surface area (Å²) >= 11 is 8.78. The molecule has 0 aromatic heterocycles. The first-order valence-corrected chi connectivity index (χ1v) is 6.89. The topological polar surface area (TPSA) is 0 Å². The standard InChI is InChI=1S/C14H22S2/c1-4-5-6-9-14(2,3)11-7-8-12(15)13(16)10-11/h7-8,10,15-16H,4-6,9H2,1-3H3. The highest BCUT2D eigenvalue weighted by molar-refractivity contribution is 7.83. The first kappa shape index (κ1) is 14.0. The van der Waals surface area contributed by atoms with Crippen LogP contribution in [0.4, 0.5) is 0 Å². The van der Waals surface area contributed by atoms with Crippen LogP contribution < -0.4 is 0 Å². The molecule has 0 bridgehead atoms. The van der Waals surface area contributed by atoms with E-state index >= 15 is 0 Å². The van der Waals surface area contributed by atoms with Crippen LogP contribution in [0.15, 0.2) is 28.0 Å². The van der Waals surface area contributed by atoms with E-state index in [1.807, 2.05) is 6.07 Å². The van der Waals surface area contributed by atoms with Crippen LogP contribution in [-0.4, -0.2) is 0 Å². The zero-order valence-corrected chi connectivity index (χ0v) is 12.2. The zero-order valence-electron chi connectivity index (χ0n) is 10.5. The van der Waals surface area contributed by atoms with E-state index in [1.54, 1.807) is 0 Å². The van der Waals surface area contributed by atoms with Crippen molar-refractivity contribution in [2.75, 3.05) is 0 Å². The lowest BCUT2D eigenvalue weighted by atomic mass is 9.80. The minimum absolute atomic E-state index is 0.244. The lowest BCUT2D eigenvalue weighted by Gasteiger charge is -2.26. The summed E-state index contributed by atoms with van der Waals surface area (Å²) in [6.45, 7) is 6.86. The van der Waals surface area contributed by atoms with Crippen molar-refractivity contribution in [1.29, 1.82) is 0 Å². The van der Waals surface area contributed by atoms with Crippen LogP contribution in [0, 0.1) is 0 Å². The molecule has 0 atom stereocenters. The van der Waals surface area contributed by atoms with Gasteiger partial charge in [0.15, 0.2) is 0 Å². The Kier molecular flexibility index (Phi) is 5.26. The van der Waals surface area contributed by atoms with E-state index in [4.69, 9.17) is 0 Å². The molecule has 0 aliphatic heterocycles. The molecule has 0 nitrogen and oxygen atoms in total. The molecule has 2 heteroatoms. The fraction of sp³-hybridized carbons (Fsp3) is 0.571. The summed E-state index contributed by atoms with van der Waals surface area (Å²) in [7, 11) is 0. The van der Waals surface area contributed by atoms with Crippen molar-refractivity contribution >= 4 is 25.3 Å². The second-order valence-corrected chi connectivity index (χ2v) is 6.01. The Morgan fingerprint density at radius 3 is 2.31 bits per heavy atom. The van der Waals surface area contributed by atoms with Gasteiger partial charge in [0, 0.05) is 9.79 Å². The molecule has 0 saturated heterocycles. The number of unbranched alkanes of at least 4 members (excludes halogenated alkanes) is 2. The molecule has 90 valence electrons. The number of thiol groups is 2. The summed E-state index contributed by atoms with van der Waals surface area (Å²) in [5.74, 6) is 0. The molecule has 0 fully saturated rings. The second kappa shape index (κ2) is 6.02. The molecular weight excluding hydrogens is 232 g/mol. The summed E-state index contributed by atoms with van der Waals surface area (Å²) < 4.78 is 0. The molecule has 0 unspecified atom stereocenters. The molecule has 0 heterocycles. The molecule has 0 saturated carbocycles. The third-order valence-corrected chi connectivity index (χ3v) is 4.10. The highest BCUT2D eigenvalue weighted by atomic mass is 32.1. The van der Waals surface area contributed by atoms with E-state index in [-0.39, 0.29) is 5.41 Å². The Morgan fingerprint density at radius 2 is 1.75 bits per heavy atom. The lowest BCUT2D eigenvalue weighted by Crippen LogP contribution is -2.16. The Bertz CT molecular complexity index is 343. The summed E-state index contributed by atoms with van der Waals surface area (Å²) in [5, 5.41) is 0. The van der Waals surface area contributed by atoms with Gasteiger partial charge in [-0.05, 0) is 29.5 Å². The number of benzene rings is 1. The van der Waals surface area contributed by atoms with Crippen molar-refractivity contribution in [3.8, 4) is 0 Å². The van der Waals surface area contributed by atoms with Gasteiger partial charge in [-0.2, -0.15) is 0 Å². The fourth-order valence-electron chi connectivity index (χ4n) is 1.91. The first-order valence-electron chi connectivity index (χ1n) is 6.00. The SMILES string of the molecule is CCCCCC(C)(C)c1ccc(S)c(S)c1. The summed E-state index contributed by atoms with van der Waals surface area (Å²) in [6.07, 6.45) is 5.14. The van der Waals surface area contributed by atoms with E-state index in [1.165, 1.54) is 31.2 Å². The maximum Gasteiger partial charge on any atom is 0.0177 e. The lowest BCUT2D eigenvalue weighted by molar-refractivity contribution is 0.449. The number of hydrogen-bond donors (Lipinski definition) is 2. The van der Waals surface area contributed by atoms with Crippen LogP contribution in [0.25, 0.3) is 0 Å². The highest BCUT2D eigenvalue weighted by Gasteiger charge is 2.20. The average Bonchev–Trinajstić information content (AvgIpc) is 2.22. The summed E-state index contributed by atoms with van der Waals surface area (Å²) in [6, 6.07) is 6.37. The molecule has 0 radical (unpaired) electrons. The van der Waals surface area contributed by atoms with Crippen molar-refractivity contribution in [2.24, 2.45) is 0 Å². The molecule has 1 aromatic carbocycles. The van der Waals surface area contributed by atoms with Gasteiger partial charge in [0.05, 0.1) is 0 Å². The minimum Gasteiger partial charge on any atom is -0.142 e. The van der Waals surface area contributed by atoms with E-state index in [0.29, 0.717) is 0 Å². The maximum absolute atomic E-state index is 4.43. The molecule has 1 rings (SSSR count). The third-order valence-electron chi connectivity index (χ3n) is 3.16. The van der Waals surface area contributed by atoms with Gasteiger partial charge in [0.2, 0.25) is 0 Å². The van der Waals surface area contributed by atoms with Gasteiger partial charge in [-0.1, -0.05) is 46.1 Å². The molecule has 0 N–H and O–H groups in total. The summed E-state index contributed by atoms with van der Waals surface area (Å²) in [4.78, 5) is 1.93. The minimum atomic E-state index is 0.244.